The highest BCUT2D eigenvalue weighted by molar-refractivity contribution is 7.98. The van der Waals surface area contributed by atoms with E-state index in [1.165, 1.54) is 5.56 Å². The Bertz CT molecular complexity index is 965. The molecule has 152 valence electrons. The first-order valence-electron chi connectivity index (χ1n) is 9.66. The number of hydrogen-bond acceptors (Lipinski definition) is 5. The monoisotopic (exact) mass is 409 g/mol. The molecular weight excluding hydrogens is 382 g/mol. The van der Waals surface area contributed by atoms with Gasteiger partial charge in [-0.3, -0.25) is 0 Å². The number of carbonyl (C=O) groups is 1. The molecule has 0 saturated heterocycles. The second kappa shape index (κ2) is 8.87. The van der Waals surface area contributed by atoms with Crippen LogP contribution in [0.15, 0.2) is 57.9 Å². The van der Waals surface area contributed by atoms with E-state index in [2.05, 4.69) is 38.1 Å². The Hall–Kier alpha value is -2.53. The van der Waals surface area contributed by atoms with Crippen molar-refractivity contribution in [2.24, 2.45) is 0 Å². The van der Waals surface area contributed by atoms with Gasteiger partial charge in [0.05, 0.1) is 11.3 Å². The maximum Gasteiger partial charge on any atom is 0.339 e. The third-order valence-corrected chi connectivity index (χ3v) is 5.95. The Morgan fingerprint density at radius 3 is 2.38 bits per heavy atom. The summed E-state index contributed by atoms with van der Waals surface area (Å²) in [6.45, 7) is 10.6. The van der Waals surface area contributed by atoms with Crippen LogP contribution in [0.25, 0.3) is 0 Å². The molecule has 1 aromatic heterocycles. The summed E-state index contributed by atoms with van der Waals surface area (Å²) in [5, 5.41) is 3.99. The van der Waals surface area contributed by atoms with Gasteiger partial charge in [-0.25, -0.2) is 4.79 Å². The zero-order valence-electron chi connectivity index (χ0n) is 17.6. The van der Waals surface area contributed by atoms with Gasteiger partial charge in [-0.1, -0.05) is 62.3 Å². The lowest BCUT2D eigenvalue weighted by Crippen LogP contribution is -2.11. The van der Waals surface area contributed by atoms with E-state index in [0.29, 0.717) is 11.3 Å². The van der Waals surface area contributed by atoms with E-state index in [0.717, 1.165) is 27.5 Å². The van der Waals surface area contributed by atoms with Gasteiger partial charge in [0.15, 0.2) is 0 Å². The number of benzene rings is 2. The van der Waals surface area contributed by atoms with E-state index in [1.807, 2.05) is 44.2 Å². The predicted molar refractivity (Wildman–Crippen MR) is 116 cm³/mol. The first-order chi connectivity index (χ1) is 13.8. The van der Waals surface area contributed by atoms with E-state index in [-0.39, 0.29) is 18.0 Å². The molecule has 0 amide bonds. The van der Waals surface area contributed by atoms with Crippen LogP contribution in [0.5, 0.6) is 0 Å². The molecule has 0 aliphatic carbocycles. The number of aromatic nitrogens is 1. The minimum atomic E-state index is -0.313. The highest BCUT2D eigenvalue weighted by atomic mass is 32.2. The van der Waals surface area contributed by atoms with Crippen molar-refractivity contribution in [1.82, 2.24) is 5.16 Å². The first kappa shape index (κ1) is 21.2. The molecule has 4 nitrogen and oxygen atoms in total. The Morgan fingerprint density at radius 1 is 1.07 bits per heavy atom. The number of hydrogen-bond donors (Lipinski definition) is 0. The molecule has 3 rings (SSSR count). The van der Waals surface area contributed by atoms with Gasteiger partial charge in [-0.05, 0) is 42.5 Å². The fraction of sp³-hybridized carbons (Fsp3) is 0.333. The van der Waals surface area contributed by atoms with Crippen molar-refractivity contribution in [3.63, 3.8) is 0 Å². The molecule has 0 N–H and O–H groups in total. The van der Waals surface area contributed by atoms with Gasteiger partial charge in [0, 0.05) is 16.2 Å². The molecule has 0 aliphatic heterocycles. The summed E-state index contributed by atoms with van der Waals surface area (Å²) in [5.74, 6) is 1.19. The van der Waals surface area contributed by atoms with Crippen LogP contribution in [0.1, 0.15) is 59.3 Å². The molecule has 0 atom stereocenters. The largest absolute Gasteiger partial charge is 0.457 e. The molecule has 0 saturated carbocycles. The molecular formula is C24H27NO3S. The zero-order valence-corrected chi connectivity index (χ0v) is 18.4. The molecule has 0 fully saturated rings. The fourth-order valence-corrected chi connectivity index (χ4v) is 4.14. The van der Waals surface area contributed by atoms with Crippen LogP contribution in [-0.2, 0) is 22.5 Å². The van der Waals surface area contributed by atoms with Crippen molar-refractivity contribution >= 4 is 17.7 Å². The summed E-state index contributed by atoms with van der Waals surface area (Å²) in [7, 11) is 0. The fourth-order valence-electron chi connectivity index (χ4n) is 2.95. The molecule has 3 aromatic rings. The van der Waals surface area contributed by atoms with E-state index < -0.39 is 0 Å². The third-order valence-electron chi connectivity index (χ3n) is 4.85. The van der Waals surface area contributed by atoms with E-state index in [1.54, 1.807) is 17.8 Å². The molecule has 2 aromatic carbocycles. The molecule has 5 heteroatoms. The second-order valence-corrected chi connectivity index (χ2v) is 9.13. The predicted octanol–water partition coefficient (Wildman–Crippen LogP) is 6.24. The number of thioether (sulfide) groups is 1. The lowest BCUT2D eigenvalue weighted by molar-refractivity contribution is 0.0468. The van der Waals surface area contributed by atoms with E-state index in [4.69, 9.17) is 9.26 Å². The number of esters is 1. The topological polar surface area (TPSA) is 52.3 Å². The lowest BCUT2D eigenvalue weighted by atomic mass is 9.87. The molecule has 0 bridgehead atoms. The molecule has 0 spiro atoms. The quantitative estimate of drug-likeness (QED) is 0.356. The van der Waals surface area contributed by atoms with Gasteiger partial charge < -0.3 is 9.26 Å². The number of nitrogens with zero attached hydrogens (tertiary/aromatic N) is 1. The number of carbonyl (C=O) groups excluding carboxylic acids is 1. The first-order valence-corrected chi connectivity index (χ1v) is 10.6. The molecule has 29 heavy (non-hydrogen) atoms. The smallest absolute Gasteiger partial charge is 0.339 e. The standard InChI is InChI=1S/C24H27NO3S/c1-16-21(17(2)28-25-16)15-29-22-9-7-6-8-20(22)23(26)27-14-18-10-12-19(13-11-18)24(3,4)5/h6-13H,14-15H2,1-5H3. The average Bonchev–Trinajstić information content (AvgIpc) is 3.02. The van der Waals surface area contributed by atoms with Crippen LogP contribution in [-0.4, -0.2) is 11.1 Å². The van der Waals surface area contributed by atoms with Gasteiger partial charge in [0.1, 0.15) is 12.4 Å². The highest BCUT2D eigenvalue weighted by Gasteiger charge is 2.16. The van der Waals surface area contributed by atoms with Gasteiger partial charge in [-0.2, -0.15) is 0 Å². The summed E-state index contributed by atoms with van der Waals surface area (Å²) in [4.78, 5) is 13.6. The maximum absolute atomic E-state index is 12.7. The Kier molecular flexibility index (Phi) is 6.48. The summed E-state index contributed by atoms with van der Waals surface area (Å²) < 4.78 is 10.8. The summed E-state index contributed by atoms with van der Waals surface area (Å²) >= 11 is 1.59. The van der Waals surface area contributed by atoms with Gasteiger partial charge in [0.2, 0.25) is 0 Å². The normalized spacial score (nSPS) is 11.5. The number of aryl methyl sites for hydroxylation is 2. The van der Waals surface area contributed by atoms with Gasteiger partial charge in [-0.15, -0.1) is 11.8 Å². The summed E-state index contributed by atoms with van der Waals surface area (Å²) in [6, 6.07) is 15.8. The second-order valence-electron chi connectivity index (χ2n) is 8.11. The van der Waals surface area contributed by atoms with E-state index in [9.17, 15) is 4.79 Å². The Labute approximate surface area is 176 Å². The number of ether oxygens (including phenoxy) is 1. The van der Waals surface area contributed by atoms with E-state index >= 15 is 0 Å². The SMILES string of the molecule is Cc1noc(C)c1CSc1ccccc1C(=O)OCc1ccc(C(C)(C)C)cc1. The van der Waals surface area contributed by atoms with Gasteiger partial charge >= 0.3 is 5.97 Å². The molecule has 0 unspecified atom stereocenters. The summed E-state index contributed by atoms with van der Waals surface area (Å²) in [6.07, 6.45) is 0. The van der Waals surface area contributed by atoms with Crippen LogP contribution < -0.4 is 0 Å². The molecule has 0 radical (unpaired) electrons. The number of rotatable bonds is 6. The minimum Gasteiger partial charge on any atom is -0.457 e. The van der Waals surface area contributed by atoms with Crippen molar-refractivity contribution < 1.29 is 14.1 Å². The minimum absolute atomic E-state index is 0.104. The highest BCUT2D eigenvalue weighted by Crippen LogP contribution is 2.29. The van der Waals surface area contributed by atoms with Crippen molar-refractivity contribution in [2.45, 2.75) is 57.3 Å². The van der Waals surface area contributed by atoms with Crippen LogP contribution >= 0.6 is 11.8 Å². The van der Waals surface area contributed by atoms with Crippen molar-refractivity contribution in [3.8, 4) is 0 Å². The van der Waals surface area contributed by atoms with Gasteiger partial charge in [0.25, 0.3) is 0 Å². The summed E-state index contributed by atoms with van der Waals surface area (Å²) in [5.41, 5.74) is 4.87. The van der Waals surface area contributed by atoms with Crippen LogP contribution in [0.3, 0.4) is 0 Å². The Balaban J connectivity index is 1.65. The Morgan fingerprint density at radius 2 is 1.76 bits per heavy atom. The lowest BCUT2D eigenvalue weighted by Gasteiger charge is -2.19. The van der Waals surface area contributed by atoms with Crippen molar-refractivity contribution in [1.29, 1.82) is 0 Å². The average molecular weight is 410 g/mol. The molecule has 0 aliphatic rings. The van der Waals surface area contributed by atoms with Crippen molar-refractivity contribution in [3.05, 3.63) is 82.2 Å². The molecule has 1 heterocycles. The van der Waals surface area contributed by atoms with Crippen molar-refractivity contribution in [2.75, 3.05) is 0 Å². The third kappa shape index (κ3) is 5.30. The zero-order chi connectivity index (χ0) is 21.0. The maximum atomic E-state index is 12.7. The van der Waals surface area contributed by atoms with Crippen LogP contribution in [0, 0.1) is 13.8 Å². The van der Waals surface area contributed by atoms with Crippen LogP contribution in [0.4, 0.5) is 0 Å². The van der Waals surface area contributed by atoms with Crippen LogP contribution in [0.2, 0.25) is 0 Å².